The van der Waals surface area contributed by atoms with Crippen LogP contribution in [0.2, 0.25) is 0 Å². The Hall–Kier alpha value is -2.42. The smallest absolute Gasteiger partial charge is 0.255 e. The van der Waals surface area contributed by atoms with E-state index in [1.54, 1.807) is 18.5 Å². The molecule has 0 saturated heterocycles. The van der Waals surface area contributed by atoms with Gasteiger partial charge in [-0.25, -0.2) is 0 Å². The van der Waals surface area contributed by atoms with Gasteiger partial charge in [0, 0.05) is 11.8 Å². The summed E-state index contributed by atoms with van der Waals surface area (Å²) < 4.78 is 0. The van der Waals surface area contributed by atoms with E-state index in [0.717, 1.165) is 5.56 Å². The van der Waals surface area contributed by atoms with Gasteiger partial charge in [-0.2, -0.15) is 0 Å². The highest BCUT2D eigenvalue weighted by Gasteiger charge is 2.06. The van der Waals surface area contributed by atoms with Crippen molar-refractivity contribution >= 4 is 17.7 Å². The van der Waals surface area contributed by atoms with Gasteiger partial charge in [-0.1, -0.05) is 45.1 Å². The zero-order valence-electron chi connectivity index (χ0n) is 12.6. The van der Waals surface area contributed by atoms with Gasteiger partial charge in [-0.15, -0.1) is 0 Å². The zero-order chi connectivity index (χ0) is 15.3. The molecule has 0 aliphatic rings. The molecule has 0 fully saturated rings. The second-order valence-electron chi connectivity index (χ2n) is 6.02. The lowest BCUT2D eigenvalue weighted by atomic mass is 9.95. The number of carbonyl (C=O) groups excluding carboxylic acids is 1. The van der Waals surface area contributed by atoms with Crippen molar-refractivity contribution in [3.8, 4) is 0 Å². The Morgan fingerprint density at radius 3 is 2.43 bits per heavy atom. The molecule has 0 radical (unpaired) electrons. The summed E-state index contributed by atoms with van der Waals surface area (Å²) in [5.74, 6) is -0.130. The maximum Gasteiger partial charge on any atom is 0.255 e. The van der Waals surface area contributed by atoms with E-state index >= 15 is 0 Å². The number of hydrogen-bond acceptors (Lipinski definition) is 2. The van der Waals surface area contributed by atoms with Gasteiger partial charge in [0.2, 0.25) is 0 Å². The number of nitrogens with one attached hydrogen (secondary N) is 1. The fourth-order valence-electron chi connectivity index (χ4n) is 1.73. The molecule has 108 valence electrons. The van der Waals surface area contributed by atoms with Crippen LogP contribution in [-0.4, -0.2) is 10.9 Å². The highest BCUT2D eigenvalue weighted by Crippen LogP contribution is 2.17. The average molecular weight is 280 g/mol. The Morgan fingerprint density at radius 1 is 1.14 bits per heavy atom. The number of amides is 1. The minimum Gasteiger partial charge on any atom is -0.321 e. The summed E-state index contributed by atoms with van der Waals surface area (Å²) in [4.78, 5) is 16.1. The number of rotatable bonds is 3. The second-order valence-corrected chi connectivity index (χ2v) is 6.02. The molecule has 0 spiro atoms. The van der Waals surface area contributed by atoms with Gasteiger partial charge in [0.05, 0.1) is 11.9 Å². The van der Waals surface area contributed by atoms with Crippen molar-refractivity contribution in [2.75, 3.05) is 5.32 Å². The predicted octanol–water partition coefficient (Wildman–Crippen LogP) is 4.39. The highest BCUT2D eigenvalue weighted by atomic mass is 16.1. The van der Waals surface area contributed by atoms with E-state index in [1.807, 2.05) is 30.3 Å². The van der Waals surface area contributed by atoms with Crippen LogP contribution in [0.3, 0.4) is 0 Å². The molecule has 1 N–H and O–H groups in total. The molecule has 0 saturated carbocycles. The maximum atomic E-state index is 12.1. The van der Waals surface area contributed by atoms with E-state index in [1.165, 1.54) is 0 Å². The van der Waals surface area contributed by atoms with Crippen LogP contribution in [0.25, 0.3) is 6.08 Å². The summed E-state index contributed by atoms with van der Waals surface area (Å²) in [6.45, 7) is 6.46. The summed E-state index contributed by atoms with van der Waals surface area (Å²) in [7, 11) is 0. The second kappa shape index (κ2) is 6.35. The van der Waals surface area contributed by atoms with Crippen molar-refractivity contribution in [2.24, 2.45) is 5.41 Å². The minimum absolute atomic E-state index is 0.130. The first-order valence-electron chi connectivity index (χ1n) is 6.95. The zero-order valence-corrected chi connectivity index (χ0v) is 12.6. The summed E-state index contributed by atoms with van der Waals surface area (Å²) >= 11 is 0. The van der Waals surface area contributed by atoms with Crippen LogP contribution in [0, 0.1) is 5.41 Å². The largest absolute Gasteiger partial charge is 0.321 e. The van der Waals surface area contributed by atoms with Crippen LogP contribution >= 0.6 is 0 Å². The van der Waals surface area contributed by atoms with E-state index in [-0.39, 0.29) is 11.3 Å². The van der Waals surface area contributed by atoms with Crippen LogP contribution in [0.5, 0.6) is 0 Å². The van der Waals surface area contributed by atoms with Crippen LogP contribution in [0.4, 0.5) is 5.69 Å². The first-order valence-corrected chi connectivity index (χ1v) is 6.95. The summed E-state index contributed by atoms with van der Waals surface area (Å²) in [6, 6.07) is 11.1. The average Bonchev–Trinajstić information content (AvgIpc) is 2.46. The molecule has 2 aromatic rings. The first-order chi connectivity index (χ1) is 9.94. The standard InChI is InChI=1S/C18H20N2O/c1-18(2,3)11-10-14-6-8-15(9-7-14)17(21)20-16-5-4-12-19-13-16/h4-13H,1-3H3,(H,20,21)/b11-10+. The Morgan fingerprint density at radius 2 is 1.86 bits per heavy atom. The van der Waals surface area contributed by atoms with E-state index in [0.29, 0.717) is 11.3 Å². The Labute approximate surface area is 125 Å². The van der Waals surface area contributed by atoms with Gasteiger partial charge in [-0.3, -0.25) is 9.78 Å². The molecule has 0 aliphatic carbocycles. The Kier molecular flexibility index (Phi) is 4.53. The van der Waals surface area contributed by atoms with Crippen LogP contribution in [0.1, 0.15) is 36.7 Å². The molecule has 0 unspecified atom stereocenters. The Balaban J connectivity index is 2.05. The quantitative estimate of drug-likeness (QED) is 0.905. The first kappa shape index (κ1) is 15.0. The SMILES string of the molecule is CC(C)(C)/C=C/c1ccc(C(=O)Nc2cccnc2)cc1. The number of hydrogen-bond donors (Lipinski definition) is 1. The number of allylic oxidation sites excluding steroid dienone is 1. The van der Waals surface area contributed by atoms with Gasteiger partial charge in [0.15, 0.2) is 0 Å². The van der Waals surface area contributed by atoms with Gasteiger partial charge in [0.25, 0.3) is 5.91 Å². The third-order valence-corrected chi connectivity index (χ3v) is 2.87. The van der Waals surface area contributed by atoms with Crippen LogP contribution in [0.15, 0.2) is 54.9 Å². The molecule has 0 atom stereocenters. The minimum atomic E-state index is -0.130. The number of pyridine rings is 1. The van der Waals surface area contributed by atoms with Crippen molar-refractivity contribution in [1.29, 1.82) is 0 Å². The van der Waals surface area contributed by atoms with E-state index < -0.39 is 0 Å². The van der Waals surface area contributed by atoms with E-state index in [2.05, 4.69) is 43.2 Å². The Bertz CT molecular complexity index is 623. The summed E-state index contributed by atoms with van der Waals surface area (Å²) in [5.41, 5.74) is 2.56. The number of anilines is 1. The van der Waals surface area contributed by atoms with Crippen LogP contribution < -0.4 is 5.32 Å². The molecule has 1 heterocycles. The van der Waals surface area contributed by atoms with E-state index in [4.69, 9.17) is 0 Å². The molecule has 3 nitrogen and oxygen atoms in total. The normalized spacial score (nSPS) is 11.6. The molecular weight excluding hydrogens is 260 g/mol. The van der Waals surface area contributed by atoms with Gasteiger partial charge < -0.3 is 5.32 Å². The topological polar surface area (TPSA) is 42.0 Å². The van der Waals surface area contributed by atoms with E-state index in [9.17, 15) is 4.79 Å². The lowest BCUT2D eigenvalue weighted by Gasteiger charge is -2.11. The summed E-state index contributed by atoms with van der Waals surface area (Å²) in [5, 5.41) is 2.81. The van der Waals surface area contributed by atoms with Gasteiger partial charge >= 0.3 is 0 Å². The van der Waals surface area contributed by atoms with Crippen LogP contribution in [-0.2, 0) is 0 Å². The lowest BCUT2D eigenvalue weighted by molar-refractivity contribution is 0.102. The number of carbonyl (C=O) groups is 1. The molecular formula is C18H20N2O. The highest BCUT2D eigenvalue weighted by molar-refractivity contribution is 6.04. The third-order valence-electron chi connectivity index (χ3n) is 2.87. The van der Waals surface area contributed by atoms with Crippen molar-refractivity contribution in [1.82, 2.24) is 4.98 Å². The fourth-order valence-corrected chi connectivity index (χ4v) is 1.73. The van der Waals surface area contributed by atoms with Crippen molar-refractivity contribution in [3.63, 3.8) is 0 Å². The predicted molar refractivity (Wildman–Crippen MR) is 87.1 cm³/mol. The molecule has 1 aromatic heterocycles. The molecule has 0 bridgehead atoms. The van der Waals surface area contributed by atoms with Crippen molar-refractivity contribution in [3.05, 3.63) is 66.0 Å². The molecule has 0 aliphatic heterocycles. The third kappa shape index (κ3) is 4.88. The lowest BCUT2D eigenvalue weighted by Crippen LogP contribution is -2.11. The molecule has 3 heteroatoms. The van der Waals surface area contributed by atoms with Gasteiger partial charge in [0.1, 0.15) is 0 Å². The number of nitrogens with zero attached hydrogens (tertiary/aromatic N) is 1. The van der Waals surface area contributed by atoms with Crippen molar-refractivity contribution in [2.45, 2.75) is 20.8 Å². The fraction of sp³-hybridized carbons (Fsp3) is 0.222. The van der Waals surface area contributed by atoms with Gasteiger partial charge in [-0.05, 0) is 35.2 Å². The molecule has 1 amide bonds. The maximum absolute atomic E-state index is 12.1. The molecule has 21 heavy (non-hydrogen) atoms. The summed E-state index contributed by atoms with van der Waals surface area (Å²) in [6.07, 6.45) is 7.52. The number of benzene rings is 1. The molecule has 1 aromatic carbocycles. The molecule has 2 rings (SSSR count). The van der Waals surface area contributed by atoms with Crippen molar-refractivity contribution < 1.29 is 4.79 Å². The number of aromatic nitrogens is 1. The monoisotopic (exact) mass is 280 g/mol.